The summed E-state index contributed by atoms with van der Waals surface area (Å²) in [4.78, 5) is 12.0. The van der Waals surface area contributed by atoms with E-state index < -0.39 is 0 Å². The number of carbonyl (C=O) groups is 1. The molecule has 3 N–H and O–H groups in total. The summed E-state index contributed by atoms with van der Waals surface area (Å²) in [6.45, 7) is 0. The van der Waals surface area contributed by atoms with Crippen molar-refractivity contribution >= 4 is 23.3 Å². The van der Waals surface area contributed by atoms with Crippen LogP contribution in [0.3, 0.4) is 0 Å². The van der Waals surface area contributed by atoms with Gasteiger partial charge in [-0.25, -0.2) is 0 Å². The maximum absolute atomic E-state index is 10.5. The van der Waals surface area contributed by atoms with Gasteiger partial charge in [0.05, 0.1) is 4.88 Å². The van der Waals surface area contributed by atoms with Crippen LogP contribution >= 0.6 is 11.3 Å². The van der Waals surface area contributed by atoms with Crippen LogP contribution in [0.1, 0.15) is 9.67 Å². The Hall–Kier alpha value is -1.81. The Morgan fingerprint density at radius 2 is 2.07 bits per heavy atom. The average molecular weight is 219 g/mol. The highest BCUT2D eigenvalue weighted by Gasteiger charge is 2.07. The maximum atomic E-state index is 10.5. The number of carbonyl (C=O) groups excluding carboxylic acids is 1. The van der Waals surface area contributed by atoms with Gasteiger partial charge in [-0.05, 0) is 24.3 Å². The van der Waals surface area contributed by atoms with E-state index in [1.807, 2.05) is 0 Å². The molecule has 0 saturated carbocycles. The number of phenols is 1. The molecule has 0 aliphatic carbocycles. The number of aromatic hydroxyl groups is 1. The van der Waals surface area contributed by atoms with Gasteiger partial charge in [-0.3, -0.25) is 4.79 Å². The second-order valence-corrected chi connectivity index (χ2v) is 4.21. The lowest BCUT2D eigenvalue weighted by molar-refractivity contribution is 0.112. The van der Waals surface area contributed by atoms with Crippen molar-refractivity contribution in [3.63, 3.8) is 0 Å². The van der Waals surface area contributed by atoms with Gasteiger partial charge in [0.2, 0.25) is 0 Å². The normalized spacial score (nSPS) is 10.1. The minimum atomic E-state index is 0.134. The Balaban J connectivity index is 2.49. The summed E-state index contributed by atoms with van der Waals surface area (Å²) in [5.41, 5.74) is 6.74. The van der Waals surface area contributed by atoms with Crippen LogP contribution in [0.5, 0.6) is 5.75 Å². The van der Waals surface area contributed by atoms with Gasteiger partial charge in [0.15, 0.2) is 6.29 Å². The molecule has 3 nitrogen and oxygen atoms in total. The standard InChI is InChI=1S/C11H9NO2S/c12-7-1-3-9(10(14)5-7)11-4-2-8(6-13)15-11/h1-6,14H,12H2. The van der Waals surface area contributed by atoms with Crippen molar-refractivity contribution in [1.82, 2.24) is 0 Å². The van der Waals surface area contributed by atoms with E-state index in [0.717, 1.165) is 11.2 Å². The zero-order valence-corrected chi connectivity index (χ0v) is 8.62. The van der Waals surface area contributed by atoms with Gasteiger partial charge in [-0.2, -0.15) is 0 Å². The van der Waals surface area contributed by atoms with Crippen molar-refractivity contribution in [3.8, 4) is 16.2 Å². The summed E-state index contributed by atoms with van der Waals surface area (Å²) in [5, 5.41) is 9.67. The summed E-state index contributed by atoms with van der Waals surface area (Å²) in [7, 11) is 0. The number of aldehydes is 1. The van der Waals surface area contributed by atoms with E-state index in [1.54, 1.807) is 24.3 Å². The monoisotopic (exact) mass is 219 g/mol. The van der Waals surface area contributed by atoms with E-state index in [0.29, 0.717) is 16.1 Å². The first kappa shape index (κ1) is 9.73. The number of anilines is 1. The number of phenolic OH excluding ortho intramolecular Hbond substituents is 1. The van der Waals surface area contributed by atoms with Crippen LogP contribution < -0.4 is 5.73 Å². The van der Waals surface area contributed by atoms with Crippen LogP contribution in [0.25, 0.3) is 10.4 Å². The summed E-state index contributed by atoms with van der Waals surface area (Å²) in [5.74, 6) is 0.134. The molecule has 15 heavy (non-hydrogen) atoms. The highest BCUT2D eigenvalue weighted by atomic mass is 32.1. The summed E-state index contributed by atoms with van der Waals surface area (Å²) in [6, 6.07) is 8.48. The Kier molecular flexibility index (Phi) is 2.43. The van der Waals surface area contributed by atoms with Gasteiger partial charge in [0.1, 0.15) is 5.75 Å². The van der Waals surface area contributed by atoms with Crippen LogP contribution in [-0.2, 0) is 0 Å². The minimum Gasteiger partial charge on any atom is -0.507 e. The Labute approximate surface area is 90.8 Å². The highest BCUT2D eigenvalue weighted by Crippen LogP contribution is 2.34. The first-order valence-corrected chi connectivity index (χ1v) is 5.16. The average Bonchev–Trinajstić information content (AvgIpc) is 2.66. The number of nitrogen functional groups attached to an aromatic ring is 1. The first-order valence-electron chi connectivity index (χ1n) is 4.34. The number of rotatable bonds is 2. The van der Waals surface area contributed by atoms with Gasteiger partial charge in [0.25, 0.3) is 0 Å². The van der Waals surface area contributed by atoms with Crippen LogP contribution in [0.15, 0.2) is 30.3 Å². The van der Waals surface area contributed by atoms with Gasteiger partial charge < -0.3 is 10.8 Å². The van der Waals surface area contributed by atoms with Crippen molar-refractivity contribution in [2.45, 2.75) is 0 Å². The molecule has 0 bridgehead atoms. The molecule has 0 unspecified atom stereocenters. The largest absolute Gasteiger partial charge is 0.507 e. The number of thiophene rings is 1. The van der Waals surface area contributed by atoms with Crippen molar-refractivity contribution in [3.05, 3.63) is 35.2 Å². The topological polar surface area (TPSA) is 63.3 Å². The van der Waals surface area contributed by atoms with E-state index in [4.69, 9.17) is 5.73 Å². The minimum absolute atomic E-state index is 0.134. The lowest BCUT2D eigenvalue weighted by atomic mass is 10.1. The fourth-order valence-electron chi connectivity index (χ4n) is 1.32. The quantitative estimate of drug-likeness (QED) is 0.602. The van der Waals surface area contributed by atoms with Crippen LogP contribution in [0.2, 0.25) is 0 Å². The molecule has 1 aromatic heterocycles. The lowest BCUT2D eigenvalue weighted by Gasteiger charge is -2.02. The van der Waals surface area contributed by atoms with Gasteiger partial charge >= 0.3 is 0 Å². The van der Waals surface area contributed by atoms with Crippen molar-refractivity contribution in [1.29, 1.82) is 0 Å². The molecular formula is C11H9NO2S. The van der Waals surface area contributed by atoms with E-state index in [2.05, 4.69) is 0 Å². The predicted molar refractivity (Wildman–Crippen MR) is 61.2 cm³/mol. The molecule has 1 aromatic carbocycles. The van der Waals surface area contributed by atoms with E-state index in [-0.39, 0.29) is 5.75 Å². The van der Waals surface area contributed by atoms with Gasteiger partial charge in [0, 0.05) is 22.2 Å². The Morgan fingerprint density at radius 1 is 1.27 bits per heavy atom. The Bertz CT molecular complexity index is 505. The molecule has 0 spiro atoms. The molecule has 0 amide bonds. The number of hydrogen-bond acceptors (Lipinski definition) is 4. The molecule has 0 aliphatic rings. The van der Waals surface area contributed by atoms with E-state index in [9.17, 15) is 9.90 Å². The summed E-state index contributed by atoms with van der Waals surface area (Å²) in [6.07, 6.45) is 0.794. The third-order valence-corrected chi connectivity index (χ3v) is 3.07. The SMILES string of the molecule is Nc1ccc(-c2ccc(C=O)s2)c(O)c1. The van der Waals surface area contributed by atoms with Crippen LogP contribution in [-0.4, -0.2) is 11.4 Å². The highest BCUT2D eigenvalue weighted by molar-refractivity contribution is 7.17. The van der Waals surface area contributed by atoms with Crippen LogP contribution in [0, 0.1) is 0 Å². The van der Waals surface area contributed by atoms with Crippen molar-refractivity contribution in [2.75, 3.05) is 5.73 Å². The lowest BCUT2D eigenvalue weighted by Crippen LogP contribution is -1.84. The zero-order valence-electron chi connectivity index (χ0n) is 7.81. The third-order valence-electron chi connectivity index (χ3n) is 2.03. The fourth-order valence-corrected chi connectivity index (χ4v) is 2.17. The van der Waals surface area contributed by atoms with E-state index >= 15 is 0 Å². The molecule has 0 radical (unpaired) electrons. The van der Waals surface area contributed by atoms with Crippen LogP contribution in [0.4, 0.5) is 5.69 Å². The number of hydrogen-bond donors (Lipinski definition) is 2. The molecule has 76 valence electrons. The van der Waals surface area contributed by atoms with Crippen molar-refractivity contribution in [2.24, 2.45) is 0 Å². The number of nitrogens with two attached hydrogens (primary N) is 1. The summed E-state index contributed by atoms with van der Waals surface area (Å²) < 4.78 is 0. The zero-order chi connectivity index (χ0) is 10.8. The molecule has 0 aliphatic heterocycles. The molecule has 1 heterocycles. The predicted octanol–water partition coefficient (Wildman–Crippen LogP) is 2.52. The maximum Gasteiger partial charge on any atom is 0.160 e. The molecule has 4 heteroatoms. The van der Waals surface area contributed by atoms with Gasteiger partial charge in [-0.15, -0.1) is 11.3 Å². The molecular weight excluding hydrogens is 210 g/mol. The third kappa shape index (κ3) is 1.85. The first-order chi connectivity index (χ1) is 7.20. The number of benzene rings is 1. The van der Waals surface area contributed by atoms with Gasteiger partial charge in [-0.1, -0.05) is 0 Å². The fraction of sp³-hybridized carbons (Fsp3) is 0. The molecule has 0 fully saturated rings. The van der Waals surface area contributed by atoms with Crippen molar-refractivity contribution < 1.29 is 9.90 Å². The smallest absolute Gasteiger partial charge is 0.160 e. The molecule has 0 atom stereocenters. The second-order valence-electron chi connectivity index (χ2n) is 3.10. The van der Waals surface area contributed by atoms with E-state index in [1.165, 1.54) is 17.4 Å². The molecule has 0 saturated heterocycles. The summed E-state index contributed by atoms with van der Waals surface area (Å²) >= 11 is 1.34. The molecule has 2 rings (SSSR count). The Morgan fingerprint density at radius 3 is 2.67 bits per heavy atom. The second kappa shape index (κ2) is 3.74. The molecule has 2 aromatic rings.